The fourth-order valence-corrected chi connectivity index (χ4v) is 4.86. The number of hydrogen-bond acceptors (Lipinski definition) is 0. The molecule has 0 N–H and O–H groups in total. The van der Waals surface area contributed by atoms with Gasteiger partial charge in [-0.2, -0.15) is 0 Å². The highest BCUT2D eigenvalue weighted by molar-refractivity contribution is 5.83. The first kappa shape index (κ1) is 26.0. The number of hydrogen-bond donors (Lipinski definition) is 0. The van der Waals surface area contributed by atoms with Gasteiger partial charge in [-0.1, -0.05) is 159 Å². The fourth-order valence-electron chi connectivity index (χ4n) is 4.86. The maximum Gasteiger partial charge on any atom is -0.0181 e. The minimum atomic E-state index is 0.678. The minimum Gasteiger partial charge on any atom is -0.0654 e. The molecular formula is C31H50. The van der Waals surface area contributed by atoms with Crippen LogP contribution in [0.25, 0.3) is 10.8 Å². The molecule has 1 unspecified atom stereocenters. The predicted octanol–water partition coefficient (Wildman–Crippen LogP) is 10.9. The molecule has 1 atom stereocenters. The SMILES string of the molecule is CCCCCCCCCCCCCCCCCCC(C)c1ccc2cc(C)ccc2c1. The van der Waals surface area contributed by atoms with E-state index in [1.54, 1.807) is 0 Å². The van der Waals surface area contributed by atoms with Gasteiger partial charge in [0, 0.05) is 0 Å². The molecule has 0 saturated carbocycles. The predicted molar refractivity (Wildman–Crippen MR) is 141 cm³/mol. The van der Waals surface area contributed by atoms with E-state index in [9.17, 15) is 0 Å². The van der Waals surface area contributed by atoms with Crippen LogP contribution < -0.4 is 0 Å². The van der Waals surface area contributed by atoms with Gasteiger partial charge in [-0.05, 0) is 35.6 Å². The van der Waals surface area contributed by atoms with E-state index in [1.165, 1.54) is 131 Å². The van der Waals surface area contributed by atoms with Crippen molar-refractivity contribution in [2.45, 2.75) is 136 Å². The Morgan fingerprint density at radius 2 is 1.00 bits per heavy atom. The van der Waals surface area contributed by atoms with Crippen LogP contribution >= 0.6 is 0 Å². The van der Waals surface area contributed by atoms with Crippen molar-refractivity contribution in [3.05, 3.63) is 47.5 Å². The molecule has 0 aliphatic heterocycles. The van der Waals surface area contributed by atoms with Crippen LogP contribution in [-0.2, 0) is 0 Å². The van der Waals surface area contributed by atoms with Crippen molar-refractivity contribution in [2.75, 3.05) is 0 Å². The van der Waals surface area contributed by atoms with Crippen molar-refractivity contribution >= 4 is 10.8 Å². The van der Waals surface area contributed by atoms with Crippen molar-refractivity contribution in [1.82, 2.24) is 0 Å². The first-order chi connectivity index (χ1) is 15.2. The van der Waals surface area contributed by atoms with Gasteiger partial charge in [-0.25, -0.2) is 0 Å². The summed E-state index contributed by atoms with van der Waals surface area (Å²) in [6, 6.07) is 13.9. The molecule has 0 radical (unpaired) electrons. The number of aryl methyl sites for hydroxylation is 1. The Hall–Kier alpha value is -1.30. The molecule has 174 valence electrons. The second-order valence-corrected chi connectivity index (χ2v) is 10.1. The van der Waals surface area contributed by atoms with E-state index in [0.717, 1.165) is 0 Å². The van der Waals surface area contributed by atoms with Gasteiger partial charge in [0.25, 0.3) is 0 Å². The first-order valence-electron chi connectivity index (χ1n) is 13.7. The van der Waals surface area contributed by atoms with Gasteiger partial charge in [0.15, 0.2) is 0 Å². The number of fused-ring (bicyclic) bond motifs is 1. The van der Waals surface area contributed by atoms with Gasteiger partial charge in [0.2, 0.25) is 0 Å². The minimum absolute atomic E-state index is 0.678. The number of rotatable bonds is 18. The maximum atomic E-state index is 2.41. The molecule has 0 fully saturated rings. The molecular weight excluding hydrogens is 372 g/mol. The van der Waals surface area contributed by atoms with E-state index in [4.69, 9.17) is 0 Å². The Kier molecular flexibility index (Phi) is 13.7. The summed E-state index contributed by atoms with van der Waals surface area (Å²) in [5.74, 6) is 0.678. The second-order valence-electron chi connectivity index (χ2n) is 10.1. The van der Waals surface area contributed by atoms with Gasteiger partial charge in [-0.15, -0.1) is 0 Å². The molecule has 0 spiro atoms. The quantitative estimate of drug-likeness (QED) is 0.209. The molecule has 0 heterocycles. The van der Waals surface area contributed by atoms with Gasteiger partial charge in [-0.3, -0.25) is 0 Å². The van der Waals surface area contributed by atoms with Crippen molar-refractivity contribution in [2.24, 2.45) is 0 Å². The van der Waals surface area contributed by atoms with Gasteiger partial charge in [0.1, 0.15) is 0 Å². The highest BCUT2D eigenvalue weighted by Crippen LogP contribution is 2.26. The van der Waals surface area contributed by atoms with Crippen LogP contribution in [0.5, 0.6) is 0 Å². The molecule has 0 bridgehead atoms. The van der Waals surface area contributed by atoms with E-state index < -0.39 is 0 Å². The van der Waals surface area contributed by atoms with Crippen LogP contribution in [0.1, 0.15) is 140 Å². The summed E-state index contributed by atoms with van der Waals surface area (Å²) in [4.78, 5) is 0. The molecule has 2 rings (SSSR count). The monoisotopic (exact) mass is 422 g/mol. The average molecular weight is 423 g/mol. The second kappa shape index (κ2) is 16.3. The van der Waals surface area contributed by atoms with Crippen LogP contribution in [0.15, 0.2) is 36.4 Å². The molecule has 2 aromatic rings. The summed E-state index contributed by atoms with van der Waals surface area (Å²) >= 11 is 0. The third-order valence-electron chi connectivity index (χ3n) is 7.08. The first-order valence-corrected chi connectivity index (χ1v) is 13.7. The zero-order valence-corrected chi connectivity index (χ0v) is 21.1. The van der Waals surface area contributed by atoms with Crippen LogP contribution in [0.3, 0.4) is 0 Å². The molecule has 0 heteroatoms. The lowest BCUT2D eigenvalue weighted by Gasteiger charge is -2.13. The fraction of sp³-hybridized carbons (Fsp3) is 0.677. The Bertz CT molecular complexity index is 698. The van der Waals surface area contributed by atoms with Crippen LogP contribution in [0, 0.1) is 6.92 Å². The normalized spacial score (nSPS) is 12.5. The summed E-state index contributed by atoms with van der Waals surface area (Å²) in [5.41, 5.74) is 2.86. The van der Waals surface area contributed by atoms with Gasteiger partial charge in [0.05, 0.1) is 0 Å². The summed E-state index contributed by atoms with van der Waals surface area (Å²) in [7, 11) is 0. The Morgan fingerprint density at radius 3 is 1.55 bits per heavy atom. The molecule has 2 aromatic carbocycles. The molecule has 0 nitrogen and oxygen atoms in total. The Labute approximate surface area is 194 Å². The van der Waals surface area contributed by atoms with Crippen LogP contribution in [0.2, 0.25) is 0 Å². The Morgan fingerprint density at radius 1 is 0.548 bits per heavy atom. The van der Waals surface area contributed by atoms with E-state index >= 15 is 0 Å². The molecule has 0 amide bonds. The molecule has 0 aromatic heterocycles. The van der Waals surface area contributed by atoms with E-state index in [1.807, 2.05) is 0 Å². The number of benzene rings is 2. The van der Waals surface area contributed by atoms with Crippen molar-refractivity contribution in [3.8, 4) is 0 Å². The van der Waals surface area contributed by atoms with Crippen LogP contribution in [-0.4, -0.2) is 0 Å². The van der Waals surface area contributed by atoms with Crippen molar-refractivity contribution in [1.29, 1.82) is 0 Å². The van der Waals surface area contributed by atoms with Crippen molar-refractivity contribution < 1.29 is 0 Å². The average Bonchev–Trinajstić information content (AvgIpc) is 2.78. The van der Waals surface area contributed by atoms with Gasteiger partial charge >= 0.3 is 0 Å². The standard InChI is InChI=1S/C31H50/c1-4-5-6-7-8-9-10-11-12-13-14-15-16-17-18-19-20-28(3)29-23-24-30-25-27(2)21-22-31(30)26-29/h21-26,28H,4-20H2,1-3H3. The highest BCUT2D eigenvalue weighted by atomic mass is 14.1. The smallest absolute Gasteiger partial charge is 0.0181 e. The highest BCUT2D eigenvalue weighted by Gasteiger charge is 2.06. The molecule has 31 heavy (non-hydrogen) atoms. The molecule has 0 aliphatic carbocycles. The zero-order chi connectivity index (χ0) is 22.2. The lowest BCUT2D eigenvalue weighted by atomic mass is 9.92. The maximum absolute atomic E-state index is 2.41. The largest absolute Gasteiger partial charge is 0.0654 e. The third-order valence-corrected chi connectivity index (χ3v) is 7.08. The summed E-state index contributed by atoms with van der Waals surface area (Å²) in [6.45, 7) is 6.88. The van der Waals surface area contributed by atoms with Crippen molar-refractivity contribution in [3.63, 3.8) is 0 Å². The van der Waals surface area contributed by atoms with E-state index in [-0.39, 0.29) is 0 Å². The van der Waals surface area contributed by atoms with Gasteiger partial charge < -0.3 is 0 Å². The lowest BCUT2D eigenvalue weighted by Crippen LogP contribution is -1.94. The van der Waals surface area contributed by atoms with E-state index in [0.29, 0.717) is 5.92 Å². The molecule has 0 aliphatic rings. The Balaban J connectivity index is 1.41. The van der Waals surface area contributed by atoms with E-state index in [2.05, 4.69) is 57.2 Å². The lowest BCUT2D eigenvalue weighted by molar-refractivity contribution is 0.521. The topological polar surface area (TPSA) is 0 Å². The molecule has 0 saturated heterocycles. The third kappa shape index (κ3) is 11.2. The van der Waals surface area contributed by atoms with Crippen LogP contribution in [0.4, 0.5) is 0 Å². The summed E-state index contributed by atoms with van der Waals surface area (Å²) < 4.78 is 0. The summed E-state index contributed by atoms with van der Waals surface area (Å²) in [6.07, 6.45) is 24.5. The zero-order valence-electron chi connectivity index (χ0n) is 21.1. The summed E-state index contributed by atoms with van der Waals surface area (Å²) in [5, 5.41) is 2.76. The number of unbranched alkanes of at least 4 members (excludes halogenated alkanes) is 15.